The third kappa shape index (κ3) is 6.57. The Bertz CT molecular complexity index is 421. The second-order valence-corrected chi connectivity index (χ2v) is 7.27. The van der Waals surface area contributed by atoms with Crippen LogP contribution in [0.1, 0.15) is 52.7 Å². The molecule has 0 fully saturated rings. The molecule has 0 heterocycles. The Hall–Kier alpha value is -0.940. The highest BCUT2D eigenvalue weighted by Crippen LogP contribution is 2.25. The molecule has 0 amide bonds. The van der Waals surface area contributed by atoms with Crippen molar-refractivity contribution in [2.45, 2.75) is 65.0 Å². The molecule has 0 unspecified atom stereocenters. The molecule has 1 aromatic rings. The Balaban J connectivity index is 2.62. The van der Waals surface area contributed by atoms with Crippen LogP contribution in [-0.4, -0.2) is 23.5 Å². The molecule has 0 bridgehead atoms. The van der Waals surface area contributed by atoms with E-state index in [1.165, 1.54) is 11.1 Å². The van der Waals surface area contributed by atoms with Crippen molar-refractivity contribution in [1.29, 1.82) is 0 Å². The lowest BCUT2D eigenvalue weighted by atomic mass is 9.85. The van der Waals surface area contributed by atoms with Crippen molar-refractivity contribution in [1.82, 2.24) is 5.48 Å². The van der Waals surface area contributed by atoms with E-state index in [1.54, 1.807) is 0 Å². The van der Waals surface area contributed by atoms with Crippen LogP contribution in [0, 0.1) is 0 Å². The van der Waals surface area contributed by atoms with Gasteiger partial charge in [-0.2, -0.15) is 0 Å². The first-order chi connectivity index (χ1) is 9.64. The first-order valence-corrected chi connectivity index (χ1v) is 7.44. The Morgan fingerprint density at radius 1 is 1.10 bits per heavy atom. The minimum atomic E-state index is -0.298. The molecule has 0 saturated carbocycles. The number of nitrogens with one attached hydrogen (secondary N) is 1. The lowest BCUT2D eigenvalue weighted by molar-refractivity contribution is -0.354. The van der Waals surface area contributed by atoms with E-state index < -0.39 is 0 Å². The van der Waals surface area contributed by atoms with Crippen molar-refractivity contribution in [3.63, 3.8) is 0 Å². The van der Waals surface area contributed by atoms with Gasteiger partial charge in [-0.3, -0.25) is 0 Å². The van der Waals surface area contributed by atoms with Crippen LogP contribution in [0.5, 0.6) is 0 Å². The van der Waals surface area contributed by atoms with Crippen LogP contribution in [0.2, 0.25) is 0 Å². The zero-order chi connectivity index (χ0) is 16.1. The number of rotatable bonds is 7. The van der Waals surface area contributed by atoms with Crippen LogP contribution in [0.3, 0.4) is 0 Å². The molecule has 0 aromatic heterocycles. The predicted octanol–water partition coefficient (Wildman–Crippen LogP) is 3.62. The summed E-state index contributed by atoms with van der Waals surface area (Å²) in [5, 5.41) is 8.86. The lowest BCUT2D eigenvalue weighted by Gasteiger charge is -2.27. The summed E-state index contributed by atoms with van der Waals surface area (Å²) in [5.74, 6) is 0. The smallest absolute Gasteiger partial charge is 0.0952 e. The standard InChI is InChI=1S/C17H29NO3/c1-13(18-19)11-14-7-9-15(10-8-14)17(5,6)12-20-21-16(2,3)4/h7-10,13,18-19H,11-12H2,1-6H3/t13-/m1/s1. The van der Waals surface area contributed by atoms with Crippen LogP contribution < -0.4 is 5.48 Å². The summed E-state index contributed by atoms with van der Waals surface area (Å²) >= 11 is 0. The molecule has 1 atom stereocenters. The molecule has 0 spiro atoms. The van der Waals surface area contributed by atoms with Gasteiger partial charge in [0.2, 0.25) is 0 Å². The van der Waals surface area contributed by atoms with Crippen LogP contribution in [0.25, 0.3) is 0 Å². The summed E-state index contributed by atoms with van der Waals surface area (Å²) in [4.78, 5) is 10.7. The van der Waals surface area contributed by atoms with Crippen molar-refractivity contribution in [2.75, 3.05) is 6.61 Å². The van der Waals surface area contributed by atoms with E-state index in [9.17, 15) is 0 Å². The van der Waals surface area contributed by atoms with Crippen LogP contribution >= 0.6 is 0 Å². The van der Waals surface area contributed by atoms with Crippen molar-refractivity contribution in [3.05, 3.63) is 35.4 Å². The Kier molecular flexibility index (Phi) is 6.35. The van der Waals surface area contributed by atoms with E-state index in [0.29, 0.717) is 6.61 Å². The maximum absolute atomic E-state index is 8.86. The summed E-state index contributed by atoms with van der Waals surface area (Å²) in [6, 6.07) is 8.46. The van der Waals surface area contributed by atoms with Crippen LogP contribution in [0.4, 0.5) is 0 Å². The van der Waals surface area contributed by atoms with Gasteiger partial charge >= 0.3 is 0 Å². The molecule has 0 saturated heterocycles. The zero-order valence-corrected chi connectivity index (χ0v) is 14.1. The summed E-state index contributed by atoms with van der Waals surface area (Å²) < 4.78 is 0. The normalized spacial score (nSPS) is 14.2. The highest BCUT2D eigenvalue weighted by molar-refractivity contribution is 5.28. The summed E-state index contributed by atoms with van der Waals surface area (Å²) in [5.41, 5.74) is 4.24. The highest BCUT2D eigenvalue weighted by atomic mass is 17.2. The summed E-state index contributed by atoms with van der Waals surface area (Å²) in [6.07, 6.45) is 0.793. The minimum absolute atomic E-state index is 0.0485. The number of benzene rings is 1. The van der Waals surface area contributed by atoms with Gasteiger partial charge in [0.05, 0.1) is 12.2 Å². The fourth-order valence-corrected chi connectivity index (χ4v) is 1.93. The van der Waals surface area contributed by atoms with Crippen molar-refractivity contribution < 1.29 is 15.0 Å². The molecule has 21 heavy (non-hydrogen) atoms. The van der Waals surface area contributed by atoms with Crippen LogP contribution in [0.15, 0.2) is 24.3 Å². The molecule has 0 aliphatic carbocycles. The predicted molar refractivity (Wildman–Crippen MR) is 84.3 cm³/mol. The van der Waals surface area contributed by atoms with E-state index in [4.69, 9.17) is 15.0 Å². The molecule has 1 rings (SSSR count). The number of hydrogen-bond acceptors (Lipinski definition) is 4. The van der Waals surface area contributed by atoms with Gasteiger partial charge in [-0.05, 0) is 45.2 Å². The lowest BCUT2D eigenvalue weighted by Crippen LogP contribution is -2.28. The summed E-state index contributed by atoms with van der Waals surface area (Å²) in [6.45, 7) is 12.6. The largest absolute Gasteiger partial charge is 0.317 e. The van der Waals surface area contributed by atoms with Gasteiger partial charge in [-0.15, -0.1) is 0 Å². The fourth-order valence-electron chi connectivity index (χ4n) is 1.93. The zero-order valence-electron chi connectivity index (χ0n) is 14.1. The monoisotopic (exact) mass is 295 g/mol. The van der Waals surface area contributed by atoms with Gasteiger partial charge in [0.1, 0.15) is 0 Å². The molecular weight excluding hydrogens is 266 g/mol. The molecule has 0 aliphatic rings. The topological polar surface area (TPSA) is 50.7 Å². The maximum Gasteiger partial charge on any atom is 0.0952 e. The van der Waals surface area contributed by atoms with Gasteiger partial charge in [0.15, 0.2) is 0 Å². The first kappa shape index (κ1) is 18.1. The Morgan fingerprint density at radius 3 is 2.14 bits per heavy atom. The molecule has 1 aromatic carbocycles. The van der Waals surface area contributed by atoms with Gasteiger partial charge < -0.3 is 5.21 Å². The molecule has 0 radical (unpaired) electrons. The van der Waals surface area contributed by atoms with Crippen molar-refractivity contribution in [3.8, 4) is 0 Å². The molecule has 120 valence electrons. The number of hydroxylamine groups is 1. The highest BCUT2D eigenvalue weighted by Gasteiger charge is 2.23. The fraction of sp³-hybridized carbons (Fsp3) is 0.647. The molecule has 4 heteroatoms. The quantitative estimate of drug-likeness (QED) is 0.596. The van der Waals surface area contributed by atoms with Crippen molar-refractivity contribution in [2.24, 2.45) is 0 Å². The van der Waals surface area contributed by atoms with E-state index in [2.05, 4.69) is 43.6 Å². The second kappa shape index (κ2) is 7.36. The average Bonchev–Trinajstić information content (AvgIpc) is 2.37. The SMILES string of the molecule is C[C@H](Cc1ccc(C(C)(C)COOC(C)(C)C)cc1)NO. The van der Waals surface area contributed by atoms with Crippen molar-refractivity contribution >= 4 is 0 Å². The average molecular weight is 295 g/mol. The third-order valence-corrected chi connectivity index (χ3v) is 3.23. The van der Waals surface area contributed by atoms with Gasteiger partial charge in [0.25, 0.3) is 0 Å². The molecular formula is C17H29NO3. The molecule has 0 aliphatic heterocycles. The van der Waals surface area contributed by atoms with Gasteiger partial charge in [0, 0.05) is 11.5 Å². The van der Waals surface area contributed by atoms with E-state index in [1.807, 2.05) is 27.7 Å². The van der Waals surface area contributed by atoms with E-state index in [0.717, 1.165) is 6.42 Å². The second-order valence-electron chi connectivity index (χ2n) is 7.27. The minimum Gasteiger partial charge on any atom is -0.317 e. The molecule has 2 N–H and O–H groups in total. The maximum atomic E-state index is 8.86. The Labute approximate surface area is 128 Å². The summed E-state index contributed by atoms with van der Waals surface area (Å²) in [7, 11) is 0. The van der Waals surface area contributed by atoms with E-state index in [-0.39, 0.29) is 17.1 Å². The first-order valence-electron chi connectivity index (χ1n) is 7.44. The molecule has 4 nitrogen and oxygen atoms in total. The van der Waals surface area contributed by atoms with Crippen LogP contribution in [-0.2, 0) is 21.6 Å². The van der Waals surface area contributed by atoms with Gasteiger partial charge in [-0.25, -0.2) is 15.3 Å². The van der Waals surface area contributed by atoms with Gasteiger partial charge in [-0.1, -0.05) is 38.1 Å². The number of hydrogen-bond donors (Lipinski definition) is 2. The van der Waals surface area contributed by atoms with E-state index >= 15 is 0 Å². The Morgan fingerprint density at radius 2 is 1.67 bits per heavy atom. The third-order valence-electron chi connectivity index (χ3n) is 3.23.